The highest BCUT2D eigenvalue weighted by Crippen LogP contribution is 2.27. The molecule has 2 amide bonds. The van der Waals surface area contributed by atoms with Crippen molar-refractivity contribution in [2.24, 2.45) is 5.73 Å². The molecule has 0 heterocycles. The monoisotopic (exact) mass is 355 g/mol. The molecule has 0 atom stereocenters. The van der Waals surface area contributed by atoms with Gasteiger partial charge in [0.25, 0.3) is 5.91 Å². The molecule has 1 saturated carbocycles. The molecule has 2 aromatic rings. The van der Waals surface area contributed by atoms with Gasteiger partial charge in [0.2, 0.25) is 5.91 Å². The van der Waals surface area contributed by atoms with E-state index in [9.17, 15) is 14.0 Å². The number of rotatable bonds is 5. The molecule has 0 saturated heterocycles. The smallest absolute Gasteiger partial charge is 0.255 e. The number of amides is 2. The molecule has 1 aliphatic rings. The molecule has 5 nitrogen and oxygen atoms in total. The minimum absolute atomic E-state index is 0.108. The molecule has 136 valence electrons. The number of anilines is 1. The van der Waals surface area contributed by atoms with Crippen molar-refractivity contribution < 1.29 is 14.0 Å². The van der Waals surface area contributed by atoms with Crippen LogP contribution in [0.15, 0.2) is 48.5 Å². The SMILES string of the molecule is NC1(C(=O)NCc2ccc(NC(=O)c3ccc(F)cc3)cc2)CCCC1. The van der Waals surface area contributed by atoms with E-state index in [4.69, 9.17) is 5.73 Å². The Hall–Kier alpha value is -2.73. The molecule has 0 radical (unpaired) electrons. The van der Waals surface area contributed by atoms with Crippen LogP contribution in [0.2, 0.25) is 0 Å². The van der Waals surface area contributed by atoms with Crippen molar-refractivity contribution in [3.05, 3.63) is 65.5 Å². The number of carbonyl (C=O) groups excluding carboxylic acids is 2. The first-order valence-electron chi connectivity index (χ1n) is 8.69. The van der Waals surface area contributed by atoms with Crippen LogP contribution >= 0.6 is 0 Å². The Bertz CT molecular complexity index is 782. The van der Waals surface area contributed by atoms with Gasteiger partial charge in [0.05, 0.1) is 5.54 Å². The largest absolute Gasteiger partial charge is 0.350 e. The summed E-state index contributed by atoms with van der Waals surface area (Å²) in [4.78, 5) is 24.3. The molecule has 0 spiro atoms. The molecule has 2 aromatic carbocycles. The van der Waals surface area contributed by atoms with Gasteiger partial charge in [0.15, 0.2) is 0 Å². The summed E-state index contributed by atoms with van der Waals surface area (Å²) in [5.41, 5.74) is 7.32. The number of hydrogen-bond acceptors (Lipinski definition) is 3. The molecule has 26 heavy (non-hydrogen) atoms. The quantitative estimate of drug-likeness (QED) is 0.771. The Morgan fingerprint density at radius 1 is 1.00 bits per heavy atom. The number of halogens is 1. The van der Waals surface area contributed by atoms with Gasteiger partial charge >= 0.3 is 0 Å². The van der Waals surface area contributed by atoms with Gasteiger partial charge in [-0.2, -0.15) is 0 Å². The van der Waals surface area contributed by atoms with Crippen LogP contribution in [-0.4, -0.2) is 17.4 Å². The fraction of sp³-hybridized carbons (Fsp3) is 0.300. The predicted molar refractivity (Wildman–Crippen MR) is 98.0 cm³/mol. The standard InChI is InChI=1S/C20H22FN3O2/c21-16-7-5-15(6-8-16)18(25)24-17-9-3-14(4-10-17)13-23-19(26)20(22)11-1-2-12-20/h3-10H,1-2,11-13,22H2,(H,23,26)(H,24,25). The summed E-state index contributed by atoms with van der Waals surface area (Å²) in [5.74, 6) is -0.800. The van der Waals surface area contributed by atoms with E-state index in [1.807, 2.05) is 12.1 Å². The molecule has 0 aliphatic heterocycles. The number of carbonyl (C=O) groups is 2. The zero-order valence-electron chi connectivity index (χ0n) is 14.4. The molecule has 0 unspecified atom stereocenters. The Morgan fingerprint density at radius 3 is 2.23 bits per heavy atom. The molecule has 3 rings (SSSR count). The molecule has 1 aliphatic carbocycles. The van der Waals surface area contributed by atoms with Gasteiger partial charge in [0, 0.05) is 17.8 Å². The van der Waals surface area contributed by atoms with Crippen molar-refractivity contribution in [1.29, 1.82) is 0 Å². The van der Waals surface area contributed by atoms with E-state index in [1.165, 1.54) is 24.3 Å². The number of hydrogen-bond donors (Lipinski definition) is 3. The van der Waals surface area contributed by atoms with Crippen molar-refractivity contribution in [2.45, 2.75) is 37.8 Å². The lowest BCUT2D eigenvalue weighted by Gasteiger charge is -2.22. The molecule has 4 N–H and O–H groups in total. The van der Waals surface area contributed by atoms with Crippen LogP contribution in [0.25, 0.3) is 0 Å². The highest BCUT2D eigenvalue weighted by atomic mass is 19.1. The minimum atomic E-state index is -0.733. The third-order valence-corrected chi connectivity index (χ3v) is 4.72. The van der Waals surface area contributed by atoms with Crippen LogP contribution in [0.5, 0.6) is 0 Å². The maximum Gasteiger partial charge on any atom is 0.255 e. The Labute approximate surface area is 151 Å². The van der Waals surface area contributed by atoms with E-state index < -0.39 is 5.54 Å². The number of nitrogens with two attached hydrogens (primary N) is 1. The summed E-state index contributed by atoms with van der Waals surface area (Å²) in [7, 11) is 0. The van der Waals surface area contributed by atoms with E-state index in [2.05, 4.69) is 10.6 Å². The fourth-order valence-corrected chi connectivity index (χ4v) is 3.10. The topological polar surface area (TPSA) is 84.2 Å². The van der Waals surface area contributed by atoms with E-state index in [-0.39, 0.29) is 17.6 Å². The van der Waals surface area contributed by atoms with E-state index in [1.54, 1.807) is 12.1 Å². The van der Waals surface area contributed by atoms with Gasteiger partial charge < -0.3 is 16.4 Å². The van der Waals surface area contributed by atoms with Crippen molar-refractivity contribution in [1.82, 2.24) is 5.32 Å². The highest BCUT2D eigenvalue weighted by molar-refractivity contribution is 6.04. The molecular weight excluding hydrogens is 333 g/mol. The minimum Gasteiger partial charge on any atom is -0.350 e. The summed E-state index contributed by atoms with van der Waals surface area (Å²) >= 11 is 0. The molecular formula is C20H22FN3O2. The first kappa shape index (κ1) is 18.1. The first-order valence-corrected chi connectivity index (χ1v) is 8.69. The number of nitrogens with one attached hydrogen (secondary N) is 2. The summed E-state index contributed by atoms with van der Waals surface area (Å²) < 4.78 is 12.9. The molecule has 0 aromatic heterocycles. The van der Waals surface area contributed by atoms with Gasteiger partial charge in [0.1, 0.15) is 5.82 Å². The van der Waals surface area contributed by atoms with Gasteiger partial charge in [-0.05, 0) is 54.8 Å². The fourth-order valence-electron chi connectivity index (χ4n) is 3.10. The van der Waals surface area contributed by atoms with E-state index >= 15 is 0 Å². The number of benzene rings is 2. The van der Waals surface area contributed by atoms with Crippen molar-refractivity contribution in [3.63, 3.8) is 0 Å². The molecule has 0 bridgehead atoms. The van der Waals surface area contributed by atoms with Crippen molar-refractivity contribution in [3.8, 4) is 0 Å². The van der Waals surface area contributed by atoms with Crippen LogP contribution in [0.3, 0.4) is 0 Å². The summed E-state index contributed by atoms with van der Waals surface area (Å²) in [5, 5.41) is 5.64. The maximum absolute atomic E-state index is 12.9. The first-order chi connectivity index (χ1) is 12.5. The zero-order chi connectivity index (χ0) is 18.6. The molecule has 6 heteroatoms. The maximum atomic E-state index is 12.9. The lowest BCUT2D eigenvalue weighted by Crippen LogP contribution is -2.51. The van der Waals surface area contributed by atoms with Crippen LogP contribution in [0.1, 0.15) is 41.6 Å². The predicted octanol–water partition coefficient (Wildman–Crippen LogP) is 2.97. The lowest BCUT2D eigenvalue weighted by molar-refractivity contribution is -0.126. The second-order valence-electron chi connectivity index (χ2n) is 6.70. The third-order valence-electron chi connectivity index (χ3n) is 4.72. The van der Waals surface area contributed by atoms with Crippen molar-refractivity contribution >= 4 is 17.5 Å². The van der Waals surface area contributed by atoms with Gasteiger partial charge in [-0.1, -0.05) is 25.0 Å². The van der Waals surface area contributed by atoms with Crippen LogP contribution in [-0.2, 0) is 11.3 Å². The van der Waals surface area contributed by atoms with Crippen LogP contribution in [0.4, 0.5) is 10.1 Å². The van der Waals surface area contributed by atoms with Gasteiger partial charge in [-0.25, -0.2) is 4.39 Å². The van der Waals surface area contributed by atoms with Crippen molar-refractivity contribution in [2.75, 3.05) is 5.32 Å². The second-order valence-corrected chi connectivity index (χ2v) is 6.70. The van der Waals surface area contributed by atoms with E-state index in [0.717, 1.165) is 31.2 Å². The summed E-state index contributed by atoms with van der Waals surface area (Å²) in [6.45, 7) is 0.393. The second kappa shape index (κ2) is 7.66. The Kier molecular flexibility index (Phi) is 5.32. The van der Waals surface area contributed by atoms with Crippen LogP contribution in [0, 0.1) is 5.82 Å². The van der Waals surface area contributed by atoms with Crippen LogP contribution < -0.4 is 16.4 Å². The third kappa shape index (κ3) is 4.26. The Morgan fingerprint density at radius 2 is 1.62 bits per heavy atom. The normalized spacial score (nSPS) is 15.5. The van der Waals surface area contributed by atoms with E-state index in [0.29, 0.717) is 17.8 Å². The zero-order valence-corrected chi connectivity index (χ0v) is 14.4. The van der Waals surface area contributed by atoms with Gasteiger partial charge in [-0.3, -0.25) is 9.59 Å². The highest BCUT2D eigenvalue weighted by Gasteiger charge is 2.36. The summed E-state index contributed by atoms with van der Waals surface area (Å²) in [6.07, 6.45) is 3.44. The Balaban J connectivity index is 1.54. The van der Waals surface area contributed by atoms with Gasteiger partial charge in [-0.15, -0.1) is 0 Å². The lowest BCUT2D eigenvalue weighted by atomic mass is 9.98. The average molecular weight is 355 g/mol. The average Bonchev–Trinajstić information content (AvgIpc) is 3.09. The summed E-state index contributed by atoms with van der Waals surface area (Å²) in [6, 6.07) is 12.5. The molecule has 1 fully saturated rings.